The van der Waals surface area contributed by atoms with E-state index in [0.717, 1.165) is 12.8 Å². The minimum absolute atomic E-state index is 0.0499. The minimum Gasteiger partial charge on any atom is -0.508 e. The highest BCUT2D eigenvalue weighted by Gasteiger charge is 2.17. The average molecular weight is 222 g/mol. The molecule has 0 saturated heterocycles. The van der Waals surface area contributed by atoms with Crippen molar-refractivity contribution in [1.29, 1.82) is 0 Å². The van der Waals surface area contributed by atoms with Crippen molar-refractivity contribution >= 4 is 0 Å². The summed E-state index contributed by atoms with van der Waals surface area (Å²) in [5, 5.41) is 19.0. The molecule has 0 spiro atoms. The molecule has 3 heteroatoms. The highest BCUT2D eigenvalue weighted by Crippen LogP contribution is 2.34. The molecule has 1 fully saturated rings. The Morgan fingerprint density at radius 2 is 1.81 bits per heavy atom. The van der Waals surface area contributed by atoms with E-state index in [2.05, 4.69) is 0 Å². The molecule has 16 heavy (non-hydrogen) atoms. The maximum Gasteiger partial charge on any atom is 0.130 e. The lowest BCUT2D eigenvalue weighted by Gasteiger charge is -2.24. The molecule has 1 aromatic carbocycles. The predicted octanol–water partition coefficient (Wildman–Crippen LogP) is 3.12. The van der Waals surface area contributed by atoms with Crippen molar-refractivity contribution in [1.82, 2.24) is 0 Å². The molecule has 1 aliphatic rings. The van der Waals surface area contributed by atoms with Gasteiger partial charge in [0.2, 0.25) is 0 Å². The molecule has 2 N–H and O–H groups in total. The van der Waals surface area contributed by atoms with E-state index in [9.17, 15) is 10.2 Å². The molecule has 3 nitrogen and oxygen atoms in total. The average Bonchev–Trinajstić information content (AvgIpc) is 2.27. The number of hydrogen-bond donors (Lipinski definition) is 2. The number of aromatic hydroxyl groups is 2. The van der Waals surface area contributed by atoms with Gasteiger partial charge in [-0.15, -0.1) is 0 Å². The van der Waals surface area contributed by atoms with Gasteiger partial charge in [-0.05, 0) is 32.6 Å². The van der Waals surface area contributed by atoms with Crippen LogP contribution in [0.25, 0.3) is 0 Å². The van der Waals surface area contributed by atoms with Crippen molar-refractivity contribution in [2.75, 3.05) is 0 Å². The van der Waals surface area contributed by atoms with Crippen LogP contribution >= 0.6 is 0 Å². The fourth-order valence-corrected chi connectivity index (χ4v) is 2.14. The number of ether oxygens (including phenoxy) is 1. The van der Waals surface area contributed by atoms with Crippen molar-refractivity contribution in [3.05, 3.63) is 17.7 Å². The zero-order valence-corrected chi connectivity index (χ0v) is 9.57. The van der Waals surface area contributed by atoms with Crippen LogP contribution in [-0.4, -0.2) is 16.3 Å². The SMILES string of the molecule is Cc1c(O)cc(O)cc1OC1CCCCC1. The van der Waals surface area contributed by atoms with Crippen molar-refractivity contribution in [2.24, 2.45) is 0 Å². The van der Waals surface area contributed by atoms with Crippen molar-refractivity contribution in [3.63, 3.8) is 0 Å². The highest BCUT2D eigenvalue weighted by molar-refractivity contribution is 5.48. The van der Waals surface area contributed by atoms with Gasteiger partial charge in [0.1, 0.15) is 17.2 Å². The smallest absolute Gasteiger partial charge is 0.130 e. The normalized spacial score (nSPS) is 17.3. The molecule has 0 unspecified atom stereocenters. The molecule has 0 radical (unpaired) electrons. The Bertz CT molecular complexity index is 368. The molecule has 0 aliphatic heterocycles. The van der Waals surface area contributed by atoms with Gasteiger partial charge in [-0.3, -0.25) is 0 Å². The second-order valence-electron chi connectivity index (χ2n) is 4.47. The van der Waals surface area contributed by atoms with Gasteiger partial charge in [0.05, 0.1) is 6.10 Å². The van der Waals surface area contributed by atoms with Gasteiger partial charge in [-0.25, -0.2) is 0 Å². The fraction of sp³-hybridized carbons (Fsp3) is 0.538. The van der Waals surface area contributed by atoms with E-state index in [4.69, 9.17) is 4.74 Å². The second-order valence-corrected chi connectivity index (χ2v) is 4.47. The van der Waals surface area contributed by atoms with Crippen LogP contribution in [0, 0.1) is 6.92 Å². The van der Waals surface area contributed by atoms with Gasteiger partial charge in [0, 0.05) is 17.7 Å². The first-order valence-corrected chi connectivity index (χ1v) is 5.86. The van der Waals surface area contributed by atoms with Gasteiger partial charge in [0.15, 0.2) is 0 Å². The van der Waals surface area contributed by atoms with Crippen LogP contribution in [0.2, 0.25) is 0 Å². The van der Waals surface area contributed by atoms with Crippen molar-refractivity contribution in [2.45, 2.75) is 45.1 Å². The fourth-order valence-electron chi connectivity index (χ4n) is 2.14. The van der Waals surface area contributed by atoms with Crippen LogP contribution in [0.4, 0.5) is 0 Å². The van der Waals surface area contributed by atoms with Crippen LogP contribution in [0.1, 0.15) is 37.7 Å². The minimum atomic E-state index is 0.0499. The lowest BCUT2D eigenvalue weighted by molar-refractivity contribution is 0.153. The molecule has 1 aromatic rings. The maximum absolute atomic E-state index is 9.57. The first-order valence-electron chi connectivity index (χ1n) is 5.86. The number of rotatable bonds is 2. The number of benzene rings is 1. The second kappa shape index (κ2) is 4.64. The summed E-state index contributed by atoms with van der Waals surface area (Å²) >= 11 is 0. The van der Waals surface area contributed by atoms with E-state index >= 15 is 0 Å². The Balaban J connectivity index is 2.13. The monoisotopic (exact) mass is 222 g/mol. The Kier molecular flexibility index (Phi) is 3.22. The summed E-state index contributed by atoms with van der Waals surface area (Å²) in [4.78, 5) is 0. The van der Waals surface area contributed by atoms with Gasteiger partial charge in [-0.2, -0.15) is 0 Å². The summed E-state index contributed by atoms with van der Waals surface area (Å²) in [5.74, 6) is 0.740. The lowest BCUT2D eigenvalue weighted by Crippen LogP contribution is -2.19. The quantitative estimate of drug-likeness (QED) is 0.808. The molecule has 0 bridgehead atoms. The number of phenols is 2. The third kappa shape index (κ3) is 2.40. The summed E-state index contributed by atoms with van der Waals surface area (Å²) in [6, 6.07) is 2.91. The van der Waals surface area contributed by atoms with E-state index in [1.165, 1.54) is 25.3 Å². The van der Waals surface area contributed by atoms with Gasteiger partial charge in [0.25, 0.3) is 0 Å². The third-order valence-electron chi connectivity index (χ3n) is 3.16. The van der Waals surface area contributed by atoms with Crippen LogP contribution in [0.15, 0.2) is 12.1 Å². The standard InChI is InChI=1S/C13H18O3/c1-9-12(15)7-10(14)8-13(9)16-11-5-3-2-4-6-11/h7-8,11,14-15H,2-6H2,1H3. The molecule has 0 amide bonds. The summed E-state index contributed by atoms with van der Waals surface area (Å²) in [5.41, 5.74) is 0.698. The molecular formula is C13H18O3. The molecule has 2 rings (SSSR count). The van der Waals surface area contributed by atoms with Crippen LogP contribution in [0.5, 0.6) is 17.2 Å². The zero-order chi connectivity index (χ0) is 11.5. The number of hydrogen-bond acceptors (Lipinski definition) is 3. The highest BCUT2D eigenvalue weighted by atomic mass is 16.5. The summed E-state index contributed by atoms with van der Waals surface area (Å²) in [6.07, 6.45) is 6.05. The van der Waals surface area contributed by atoms with Crippen molar-refractivity contribution in [3.8, 4) is 17.2 Å². The van der Waals surface area contributed by atoms with Crippen LogP contribution in [0.3, 0.4) is 0 Å². The number of phenolic OH excluding ortho intramolecular Hbond substituents is 2. The summed E-state index contributed by atoms with van der Waals surface area (Å²) in [7, 11) is 0. The molecular weight excluding hydrogens is 204 g/mol. The van der Waals surface area contributed by atoms with Crippen LogP contribution < -0.4 is 4.74 Å². The largest absolute Gasteiger partial charge is 0.508 e. The molecule has 1 saturated carbocycles. The maximum atomic E-state index is 9.57. The van der Waals surface area contributed by atoms with E-state index in [1.54, 1.807) is 13.0 Å². The molecule has 1 aliphatic carbocycles. The lowest BCUT2D eigenvalue weighted by atomic mass is 9.97. The molecule has 0 aromatic heterocycles. The van der Waals surface area contributed by atoms with Crippen LogP contribution in [-0.2, 0) is 0 Å². The van der Waals surface area contributed by atoms with E-state index < -0.39 is 0 Å². The van der Waals surface area contributed by atoms with E-state index in [-0.39, 0.29) is 17.6 Å². The Morgan fingerprint density at radius 1 is 1.12 bits per heavy atom. The van der Waals surface area contributed by atoms with E-state index in [0.29, 0.717) is 11.3 Å². The molecule has 88 valence electrons. The third-order valence-corrected chi connectivity index (χ3v) is 3.16. The van der Waals surface area contributed by atoms with E-state index in [1.807, 2.05) is 0 Å². The Morgan fingerprint density at radius 3 is 2.50 bits per heavy atom. The van der Waals surface area contributed by atoms with Gasteiger partial charge in [-0.1, -0.05) is 6.42 Å². The molecule has 0 heterocycles. The molecule has 0 atom stereocenters. The Labute approximate surface area is 95.7 Å². The topological polar surface area (TPSA) is 49.7 Å². The first-order chi connectivity index (χ1) is 7.66. The van der Waals surface area contributed by atoms with Gasteiger partial charge >= 0.3 is 0 Å². The first kappa shape index (κ1) is 11.1. The summed E-state index contributed by atoms with van der Waals surface area (Å²) in [6.45, 7) is 1.80. The Hall–Kier alpha value is -1.38. The zero-order valence-electron chi connectivity index (χ0n) is 9.57. The summed E-state index contributed by atoms with van der Waals surface area (Å²) < 4.78 is 5.83. The van der Waals surface area contributed by atoms with Gasteiger partial charge < -0.3 is 14.9 Å². The van der Waals surface area contributed by atoms with Crippen molar-refractivity contribution < 1.29 is 14.9 Å². The predicted molar refractivity (Wildman–Crippen MR) is 62.0 cm³/mol.